The first-order valence-corrected chi connectivity index (χ1v) is 9.81. The minimum atomic E-state index is -1.41. The van der Waals surface area contributed by atoms with Crippen LogP contribution in [0.2, 0.25) is 0 Å². The van der Waals surface area contributed by atoms with Crippen LogP contribution in [0.1, 0.15) is 43.6 Å². The Bertz CT molecular complexity index is 740. The van der Waals surface area contributed by atoms with E-state index in [4.69, 9.17) is 5.11 Å². The Hall–Kier alpha value is -2.70. The molecule has 1 aliphatic carbocycles. The maximum atomic E-state index is 12.7. The third-order valence-electron chi connectivity index (χ3n) is 5.78. The van der Waals surface area contributed by atoms with Gasteiger partial charge in [0.15, 0.2) is 11.7 Å². The Morgan fingerprint density at radius 2 is 1.75 bits per heavy atom. The number of piperidine rings is 1. The predicted molar refractivity (Wildman–Crippen MR) is 101 cm³/mol. The van der Waals surface area contributed by atoms with Gasteiger partial charge in [0.25, 0.3) is 0 Å². The van der Waals surface area contributed by atoms with Crippen LogP contribution in [0.3, 0.4) is 0 Å². The Balaban J connectivity index is 1.54. The number of hydrogen-bond donors (Lipinski definition) is 2. The molecule has 2 aliphatic rings. The number of likely N-dealkylation sites (tertiary alicyclic amines) is 1. The third kappa shape index (κ3) is 4.77. The summed E-state index contributed by atoms with van der Waals surface area (Å²) in [5, 5.41) is 10.8. The predicted octanol–water partition coefficient (Wildman–Crippen LogP) is 1.58. The monoisotopic (exact) mass is 386 g/mol. The van der Waals surface area contributed by atoms with Gasteiger partial charge in [0, 0.05) is 19.5 Å². The zero-order chi connectivity index (χ0) is 20.1. The summed E-state index contributed by atoms with van der Waals surface area (Å²) in [5.74, 6) is -3.45. The summed E-state index contributed by atoms with van der Waals surface area (Å²) in [6, 6.07) is 10.4. The molecule has 3 rings (SSSR count). The van der Waals surface area contributed by atoms with E-state index >= 15 is 0 Å². The van der Waals surface area contributed by atoms with Crippen molar-refractivity contribution in [2.75, 3.05) is 19.6 Å². The van der Waals surface area contributed by atoms with E-state index in [-0.39, 0.29) is 6.42 Å². The molecule has 150 valence electrons. The number of carboxylic acids is 1. The summed E-state index contributed by atoms with van der Waals surface area (Å²) in [6.07, 6.45) is 4.28. The first kappa shape index (κ1) is 20.0. The SMILES string of the molecule is O=C(O)CNC(=O)C1C(=O)CCN(CC2CCC(c3ccccc3)CC2)C1=O. The third-order valence-corrected chi connectivity index (χ3v) is 5.78. The summed E-state index contributed by atoms with van der Waals surface area (Å²) in [6.45, 7) is 0.286. The molecule has 1 aromatic carbocycles. The number of amides is 2. The van der Waals surface area contributed by atoms with Crippen molar-refractivity contribution in [1.82, 2.24) is 10.2 Å². The van der Waals surface area contributed by atoms with E-state index in [1.54, 1.807) is 4.90 Å². The van der Waals surface area contributed by atoms with Crippen LogP contribution in [0.4, 0.5) is 0 Å². The van der Waals surface area contributed by atoms with Gasteiger partial charge in [-0.05, 0) is 43.1 Å². The average molecular weight is 386 g/mol. The van der Waals surface area contributed by atoms with Gasteiger partial charge in [0.2, 0.25) is 11.8 Å². The molecule has 0 spiro atoms. The van der Waals surface area contributed by atoms with Crippen molar-refractivity contribution in [2.24, 2.45) is 11.8 Å². The number of benzene rings is 1. The van der Waals surface area contributed by atoms with Crippen molar-refractivity contribution in [3.63, 3.8) is 0 Å². The van der Waals surface area contributed by atoms with Crippen LogP contribution < -0.4 is 5.32 Å². The Morgan fingerprint density at radius 1 is 1.07 bits per heavy atom. The molecule has 7 nitrogen and oxygen atoms in total. The quantitative estimate of drug-likeness (QED) is 0.723. The number of nitrogens with one attached hydrogen (secondary N) is 1. The fourth-order valence-corrected chi connectivity index (χ4v) is 4.24. The minimum Gasteiger partial charge on any atom is -0.480 e. The first-order chi connectivity index (χ1) is 13.5. The van der Waals surface area contributed by atoms with Gasteiger partial charge in [0.1, 0.15) is 6.54 Å². The molecular weight excluding hydrogens is 360 g/mol. The number of Topliss-reactive ketones (excluding diaryl/α,β-unsaturated/α-hetero) is 1. The van der Waals surface area contributed by atoms with Crippen molar-refractivity contribution in [2.45, 2.75) is 38.0 Å². The number of aliphatic carboxylic acids is 1. The molecule has 0 radical (unpaired) electrons. The zero-order valence-corrected chi connectivity index (χ0v) is 15.8. The van der Waals surface area contributed by atoms with E-state index in [0.29, 0.717) is 24.9 Å². The highest BCUT2D eigenvalue weighted by molar-refractivity contribution is 6.19. The van der Waals surface area contributed by atoms with E-state index in [0.717, 1.165) is 25.7 Å². The maximum Gasteiger partial charge on any atom is 0.322 e. The second-order valence-electron chi connectivity index (χ2n) is 7.67. The highest BCUT2D eigenvalue weighted by Crippen LogP contribution is 2.36. The van der Waals surface area contributed by atoms with E-state index in [1.807, 2.05) is 6.07 Å². The van der Waals surface area contributed by atoms with Crippen LogP contribution in [-0.2, 0) is 19.2 Å². The van der Waals surface area contributed by atoms with Crippen molar-refractivity contribution in [1.29, 1.82) is 0 Å². The van der Waals surface area contributed by atoms with Crippen molar-refractivity contribution >= 4 is 23.6 Å². The molecular formula is C21H26N2O5. The zero-order valence-electron chi connectivity index (χ0n) is 15.8. The molecule has 1 atom stereocenters. The van der Waals surface area contributed by atoms with Crippen molar-refractivity contribution < 1.29 is 24.3 Å². The molecule has 28 heavy (non-hydrogen) atoms. The highest BCUT2D eigenvalue weighted by Gasteiger charge is 2.41. The van der Waals surface area contributed by atoms with Crippen LogP contribution in [-0.4, -0.2) is 53.2 Å². The van der Waals surface area contributed by atoms with Crippen LogP contribution in [0, 0.1) is 11.8 Å². The minimum absolute atomic E-state index is 0.135. The summed E-state index contributed by atoms with van der Waals surface area (Å²) in [7, 11) is 0. The molecule has 1 aromatic rings. The normalized spacial score (nSPS) is 25.4. The number of carbonyl (C=O) groups excluding carboxylic acids is 3. The smallest absolute Gasteiger partial charge is 0.322 e. The number of carbonyl (C=O) groups is 4. The Labute approximate surface area is 164 Å². The maximum absolute atomic E-state index is 12.7. The topological polar surface area (TPSA) is 104 Å². The van der Waals surface area contributed by atoms with E-state index in [9.17, 15) is 19.2 Å². The summed E-state index contributed by atoms with van der Waals surface area (Å²) < 4.78 is 0. The molecule has 0 bridgehead atoms. The van der Waals surface area contributed by atoms with E-state index in [1.165, 1.54) is 5.56 Å². The Morgan fingerprint density at radius 3 is 2.39 bits per heavy atom. The van der Waals surface area contributed by atoms with Gasteiger partial charge < -0.3 is 15.3 Å². The molecule has 2 amide bonds. The molecule has 1 heterocycles. The van der Waals surface area contributed by atoms with Gasteiger partial charge in [-0.1, -0.05) is 30.3 Å². The van der Waals surface area contributed by atoms with E-state index < -0.39 is 36.0 Å². The van der Waals surface area contributed by atoms with Crippen LogP contribution in [0.15, 0.2) is 30.3 Å². The van der Waals surface area contributed by atoms with Crippen LogP contribution in [0.25, 0.3) is 0 Å². The first-order valence-electron chi connectivity index (χ1n) is 9.81. The van der Waals surface area contributed by atoms with Crippen LogP contribution in [0.5, 0.6) is 0 Å². The average Bonchev–Trinajstić information content (AvgIpc) is 2.70. The lowest BCUT2D eigenvalue weighted by molar-refractivity contribution is -0.152. The standard InChI is InChI=1S/C21H26N2O5/c24-17-10-11-23(21(28)19(17)20(27)22-12-18(25)26)13-14-6-8-16(9-7-14)15-4-2-1-3-5-15/h1-5,14,16,19H,6-13H2,(H,22,27)(H,25,26). The fraction of sp³-hybridized carbons (Fsp3) is 0.524. The lowest BCUT2D eigenvalue weighted by Gasteiger charge is -2.36. The number of rotatable bonds is 6. The van der Waals surface area contributed by atoms with Crippen LogP contribution >= 0.6 is 0 Å². The molecule has 7 heteroatoms. The largest absolute Gasteiger partial charge is 0.480 e. The molecule has 1 aliphatic heterocycles. The lowest BCUT2D eigenvalue weighted by Crippen LogP contribution is -2.53. The molecule has 2 N–H and O–H groups in total. The number of hydrogen-bond acceptors (Lipinski definition) is 4. The molecule has 1 saturated heterocycles. The van der Waals surface area contributed by atoms with Gasteiger partial charge in [-0.25, -0.2) is 0 Å². The van der Waals surface area contributed by atoms with Crippen molar-refractivity contribution in [3.8, 4) is 0 Å². The lowest BCUT2D eigenvalue weighted by atomic mass is 9.78. The van der Waals surface area contributed by atoms with Gasteiger partial charge in [-0.3, -0.25) is 19.2 Å². The number of ketones is 1. The second-order valence-corrected chi connectivity index (χ2v) is 7.67. The Kier molecular flexibility index (Phi) is 6.44. The van der Waals surface area contributed by atoms with E-state index in [2.05, 4.69) is 29.6 Å². The van der Waals surface area contributed by atoms with Gasteiger partial charge in [-0.15, -0.1) is 0 Å². The molecule has 2 fully saturated rings. The molecule has 1 saturated carbocycles. The summed E-state index contributed by atoms with van der Waals surface area (Å²) >= 11 is 0. The molecule has 1 unspecified atom stereocenters. The van der Waals surface area contributed by atoms with Crippen molar-refractivity contribution in [3.05, 3.63) is 35.9 Å². The van der Waals surface area contributed by atoms with Gasteiger partial charge in [0.05, 0.1) is 0 Å². The van der Waals surface area contributed by atoms with Gasteiger partial charge in [-0.2, -0.15) is 0 Å². The second kappa shape index (κ2) is 8.99. The number of carboxylic acid groups (broad SMARTS) is 1. The summed E-state index contributed by atoms with van der Waals surface area (Å²) in [5.41, 5.74) is 1.36. The highest BCUT2D eigenvalue weighted by atomic mass is 16.4. The fourth-order valence-electron chi connectivity index (χ4n) is 4.24. The summed E-state index contributed by atoms with van der Waals surface area (Å²) in [4.78, 5) is 49.1. The molecule has 0 aromatic heterocycles. The van der Waals surface area contributed by atoms with Gasteiger partial charge >= 0.3 is 5.97 Å². The number of nitrogens with zero attached hydrogens (tertiary/aromatic N) is 1.